The molecule has 0 aliphatic rings. The van der Waals surface area contributed by atoms with Gasteiger partial charge in [0.2, 0.25) is 0 Å². The average molecular weight is 214 g/mol. The Morgan fingerprint density at radius 1 is 1.07 bits per heavy atom. The number of hydrogen-bond donors (Lipinski definition) is 2. The second-order valence-electron chi connectivity index (χ2n) is 4.91. The van der Waals surface area contributed by atoms with Gasteiger partial charge in [-0.25, -0.2) is 0 Å². The highest BCUT2D eigenvalue weighted by atomic mass is 14.8. The summed E-state index contributed by atoms with van der Waals surface area (Å²) in [5.41, 5.74) is 0. The van der Waals surface area contributed by atoms with Crippen LogP contribution in [0.5, 0.6) is 0 Å². The van der Waals surface area contributed by atoms with Crippen LogP contribution < -0.4 is 10.6 Å². The van der Waals surface area contributed by atoms with E-state index in [1.807, 2.05) is 7.05 Å². The van der Waals surface area contributed by atoms with Gasteiger partial charge in [-0.1, -0.05) is 27.2 Å². The van der Waals surface area contributed by atoms with Gasteiger partial charge in [-0.05, 0) is 57.8 Å². The fourth-order valence-corrected chi connectivity index (χ4v) is 1.77. The molecule has 0 bridgehead atoms. The smallest absolute Gasteiger partial charge is 0.00236 e. The van der Waals surface area contributed by atoms with Crippen molar-refractivity contribution in [2.45, 2.75) is 46.5 Å². The lowest BCUT2D eigenvalue weighted by atomic mass is 10.0. The molecule has 0 aromatic heterocycles. The molecule has 92 valence electrons. The molecule has 1 atom stereocenters. The summed E-state index contributed by atoms with van der Waals surface area (Å²) in [4.78, 5) is 0. The standard InChI is InChI=1S/C13H30N2/c1-5-13(11-14-4)7-6-9-15-10-8-12(2)3/h12-15H,5-11H2,1-4H3. The summed E-state index contributed by atoms with van der Waals surface area (Å²) in [7, 11) is 2.05. The van der Waals surface area contributed by atoms with Crippen molar-refractivity contribution in [1.82, 2.24) is 10.6 Å². The molecule has 0 saturated carbocycles. The molecule has 2 heteroatoms. The summed E-state index contributed by atoms with van der Waals surface area (Å²) in [5, 5.41) is 6.78. The minimum absolute atomic E-state index is 0.824. The lowest BCUT2D eigenvalue weighted by molar-refractivity contribution is 0.425. The van der Waals surface area contributed by atoms with Gasteiger partial charge in [-0.2, -0.15) is 0 Å². The third-order valence-corrected chi connectivity index (χ3v) is 2.93. The van der Waals surface area contributed by atoms with E-state index in [9.17, 15) is 0 Å². The summed E-state index contributed by atoms with van der Waals surface area (Å²) in [5.74, 6) is 1.69. The zero-order valence-electron chi connectivity index (χ0n) is 11.1. The SMILES string of the molecule is CCC(CCCNCCC(C)C)CNC. The van der Waals surface area contributed by atoms with Crippen LogP contribution in [0.3, 0.4) is 0 Å². The third-order valence-electron chi connectivity index (χ3n) is 2.93. The maximum absolute atomic E-state index is 3.52. The Kier molecular flexibility index (Phi) is 10.4. The lowest BCUT2D eigenvalue weighted by Crippen LogP contribution is -2.22. The molecule has 0 aliphatic carbocycles. The van der Waals surface area contributed by atoms with Crippen molar-refractivity contribution < 1.29 is 0 Å². The molecule has 0 amide bonds. The molecule has 2 N–H and O–H groups in total. The Morgan fingerprint density at radius 3 is 2.33 bits per heavy atom. The molecule has 0 radical (unpaired) electrons. The molecule has 0 fully saturated rings. The molecule has 0 aromatic carbocycles. The molecule has 0 rings (SSSR count). The van der Waals surface area contributed by atoms with Crippen molar-refractivity contribution in [3.8, 4) is 0 Å². The van der Waals surface area contributed by atoms with Gasteiger partial charge in [-0.15, -0.1) is 0 Å². The van der Waals surface area contributed by atoms with E-state index < -0.39 is 0 Å². The van der Waals surface area contributed by atoms with Crippen LogP contribution in [0.1, 0.15) is 46.5 Å². The van der Waals surface area contributed by atoms with E-state index in [1.165, 1.54) is 45.3 Å². The van der Waals surface area contributed by atoms with Crippen LogP contribution in [0.15, 0.2) is 0 Å². The zero-order chi connectivity index (χ0) is 11.5. The first-order valence-corrected chi connectivity index (χ1v) is 6.56. The Balaban J connectivity index is 3.21. The van der Waals surface area contributed by atoms with E-state index >= 15 is 0 Å². The maximum Gasteiger partial charge on any atom is -0.00236 e. The van der Waals surface area contributed by atoms with Crippen molar-refractivity contribution in [1.29, 1.82) is 0 Å². The first kappa shape index (κ1) is 14.9. The predicted octanol–water partition coefficient (Wildman–Crippen LogP) is 2.65. The van der Waals surface area contributed by atoms with Gasteiger partial charge >= 0.3 is 0 Å². The van der Waals surface area contributed by atoms with Gasteiger partial charge < -0.3 is 10.6 Å². The monoisotopic (exact) mass is 214 g/mol. The molecule has 0 aromatic rings. The van der Waals surface area contributed by atoms with Gasteiger partial charge in [0, 0.05) is 0 Å². The molecule has 0 saturated heterocycles. The van der Waals surface area contributed by atoms with Crippen LogP contribution in [0.2, 0.25) is 0 Å². The maximum atomic E-state index is 3.52. The van der Waals surface area contributed by atoms with Crippen LogP contribution in [0.4, 0.5) is 0 Å². The van der Waals surface area contributed by atoms with Crippen molar-refractivity contribution in [3.05, 3.63) is 0 Å². The summed E-state index contributed by atoms with van der Waals surface area (Å²) in [6, 6.07) is 0. The largest absolute Gasteiger partial charge is 0.319 e. The Labute approximate surface area is 96.2 Å². The quantitative estimate of drug-likeness (QED) is 0.546. The second kappa shape index (κ2) is 10.4. The molecular formula is C13H30N2. The van der Waals surface area contributed by atoms with Crippen LogP contribution >= 0.6 is 0 Å². The Morgan fingerprint density at radius 2 is 1.80 bits per heavy atom. The minimum atomic E-state index is 0.824. The van der Waals surface area contributed by atoms with Crippen LogP contribution in [-0.4, -0.2) is 26.7 Å². The van der Waals surface area contributed by atoms with Gasteiger partial charge in [0.1, 0.15) is 0 Å². The van der Waals surface area contributed by atoms with Gasteiger partial charge in [0.15, 0.2) is 0 Å². The van der Waals surface area contributed by atoms with Gasteiger partial charge in [-0.3, -0.25) is 0 Å². The van der Waals surface area contributed by atoms with E-state index in [2.05, 4.69) is 31.4 Å². The van der Waals surface area contributed by atoms with Gasteiger partial charge in [0.25, 0.3) is 0 Å². The fourth-order valence-electron chi connectivity index (χ4n) is 1.77. The number of nitrogens with one attached hydrogen (secondary N) is 2. The minimum Gasteiger partial charge on any atom is -0.319 e. The summed E-state index contributed by atoms with van der Waals surface area (Å²) >= 11 is 0. The van der Waals surface area contributed by atoms with E-state index in [0.717, 1.165) is 11.8 Å². The Bertz CT molecular complexity index is 124. The van der Waals surface area contributed by atoms with Crippen LogP contribution in [0.25, 0.3) is 0 Å². The zero-order valence-corrected chi connectivity index (χ0v) is 11.1. The molecule has 15 heavy (non-hydrogen) atoms. The average Bonchev–Trinajstić information content (AvgIpc) is 2.21. The van der Waals surface area contributed by atoms with Crippen molar-refractivity contribution in [3.63, 3.8) is 0 Å². The van der Waals surface area contributed by atoms with Crippen LogP contribution in [-0.2, 0) is 0 Å². The number of hydrogen-bond acceptors (Lipinski definition) is 2. The topological polar surface area (TPSA) is 24.1 Å². The molecule has 0 spiro atoms. The predicted molar refractivity (Wildman–Crippen MR) is 69.3 cm³/mol. The highest BCUT2D eigenvalue weighted by Gasteiger charge is 2.03. The molecule has 0 aliphatic heterocycles. The summed E-state index contributed by atoms with van der Waals surface area (Å²) < 4.78 is 0. The lowest BCUT2D eigenvalue weighted by Gasteiger charge is -2.14. The molecular weight excluding hydrogens is 184 g/mol. The highest BCUT2D eigenvalue weighted by Crippen LogP contribution is 2.08. The molecule has 0 heterocycles. The number of rotatable bonds is 10. The first-order valence-electron chi connectivity index (χ1n) is 6.56. The van der Waals surface area contributed by atoms with E-state index in [1.54, 1.807) is 0 Å². The van der Waals surface area contributed by atoms with E-state index in [-0.39, 0.29) is 0 Å². The summed E-state index contributed by atoms with van der Waals surface area (Å²) in [6.07, 6.45) is 5.27. The van der Waals surface area contributed by atoms with Crippen molar-refractivity contribution in [2.24, 2.45) is 11.8 Å². The fraction of sp³-hybridized carbons (Fsp3) is 1.00. The highest BCUT2D eigenvalue weighted by molar-refractivity contribution is 4.60. The normalized spacial score (nSPS) is 13.4. The molecule has 2 nitrogen and oxygen atoms in total. The first-order chi connectivity index (χ1) is 7.20. The second-order valence-corrected chi connectivity index (χ2v) is 4.91. The van der Waals surface area contributed by atoms with Crippen molar-refractivity contribution in [2.75, 3.05) is 26.7 Å². The Hall–Kier alpha value is -0.0800. The van der Waals surface area contributed by atoms with Gasteiger partial charge in [0.05, 0.1) is 0 Å². The van der Waals surface area contributed by atoms with E-state index in [0.29, 0.717) is 0 Å². The summed E-state index contributed by atoms with van der Waals surface area (Å²) in [6.45, 7) is 10.4. The van der Waals surface area contributed by atoms with Crippen molar-refractivity contribution >= 4 is 0 Å². The third kappa shape index (κ3) is 10.2. The molecule has 1 unspecified atom stereocenters. The van der Waals surface area contributed by atoms with Crippen LogP contribution in [0, 0.1) is 11.8 Å². The van der Waals surface area contributed by atoms with E-state index in [4.69, 9.17) is 0 Å².